The van der Waals surface area contributed by atoms with Gasteiger partial charge < -0.3 is 14.6 Å². The molecule has 1 aromatic heterocycles. The lowest BCUT2D eigenvalue weighted by Crippen LogP contribution is -2.16. The molecule has 1 rings (SSSR count). The van der Waals surface area contributed by atoms with Gasteiger partial charge in [-0.3, -0.25) is 5.32 Å². The van der Waals surface area contributed by atoms with Crippen LogP contribution in [-0.4, -0.2) is 46.2 Å². The Bertz CT molecular complexity index is 314. The molecule has 8 heteroatoms. The highest BCUT2D eigenvalue weighted by molar-refractivity contribution is 5.82. The van der Waals surface area contributed by atoms with Gasteiger partial charge in [0.1, 0.15) is 6.61 Å². The number of anilines is 1. The predicted molar refractivity (Wildman–Crippen MR) is 49.6 cm³/mol. The number of H-pyrrole nitrogens is 1. The quantitative estimate of drug-likeness (QED) is 0.625. The Morgan fingerprint density at radius 1 is 1.67 bits per heavy atom. The smallest absolute Gasteiger partial charge is 0.414 e. The summed E-state index contributed by atoms with van der Waals surface area (Å²) in [5.41, 5.74) is 0. The topological polar surface area (TPSA) is 109 Å². The van der Waals surface area contributed by atoms with Crippen molar-refractivity contribution in [2.75, 3.05) is 25.1 Å². The van der Waals surface area contributed by atoms with Gasteiger partial charge in [0.05, 0.1) is 13.2 Å². The fourth-order valence-electron chi connectivity index (χ4n) is 0.767. The van der Waals surface area contributed by atoms with E-state index in [9.17, 15) is 4.79 Å². The summed E-state index contributed by atoms with van der Waals surface area (Å²) < 4.78 is 9.50. The highest BCUT2D eigenvalue weighted by atomic mass is 16.6. The predicted octanol–water partition coefficient (Wildman–Crippen LogP) is -0.256. The van der Waals surface area contributed by atoms with E-state index in [1.54, 1.807) is 6.92 Å². The molecule has 1 amide bonds. The standard InChI is InChI=1S/C7H12N4O4/c1-2-14-6-8-5(10-11-6)9-7(13)15-4-3-12/h12H,2-4H2,1H3,(H2,8,9,10,11,13). The van der Waals surface area contributed by atoms with Gasteiger partial charge in [-0.05, 0) is 6.92 Å². The molecule has 0 saturated carbocycles. The number of aromatic nitrogens is 3. The minimum Gasteiger partial charge on any atom is -0.463 e. The number of aliphatic hydroxyl groups excluding tert-OH is 1. The van der Waals surface area contributed by atoms with Gasteiger partial charge in [0, 0.05) is 0 Å². The molecule has 0 radical (unpaired) electrons. The molecular formula is C7H12N4O4. The number of aliphatic hydroxyl groups is 1. The Balaban J connectivity index is 2.39. The van der Waals surface area contributed by atoms with Crippen molar-refractivity contribution in [2.24, 2.45) is 0 Å². The number of nitrogens with zero attached hydrogens (tertiary/aromatic N) is 2. The molecule has 0 atom stereocenters. The molecule has 3 N–H and O–H groups in total. The number of hydrogen-bond acceptors (Lipinski definition) is 6. The van der Waals surface area contributed by atoms with Gasteiger partial charge in [-0.2, -0.15) is 4.98 Å². The van der Waals surface area contributed by atoms with Gasteiger partial charge in [-0.15, -0.1) is 5.10 Å². The van der Waals surface area contributed by atoms with E-state index in [4.69, 9.17) is 9.84 Å². The second kappa shape index (κ2) is 5.81. The van der Waals surface area contributed by atoms with Crippen LogP contribution in [-0.2, 0) is 4.74 Å². The maximum absolute atomic E-state index is 11.0. The lowest BCUT2D eigenvalue weighted by atomic mass is 10.8. The van der Waals surface area contributed by atoms with Crippen molar-refractivity contribution in [3.63, 3.8) is 0 Å². The monoisotopic (exact) mass is 216 g/mol. The van der Waals surface area contributed by atoms with Gasteiger partial charge in [-0.25, -0.2) is 9.89 Å². The first-order chi connectivity index (χ1) is 7.26. The number of nitrogens with one attached hydrogen (secondary N) is 2. The normalized spacial score (nSPS) is 9.73. The van der Waals surface area contributed by atoms with E-state index in [0.717, 1.165) is 0 Å². The summed E-state index contributed by atoms with van der Waals surface area (Å²) in [6.07, 6.45) is -0.719. The van der Waals surface area contributed by atoms with E-state index in [1.807, 2.05) is 0 Å². The zero-order chi connectivity index (χ0) is 11.1. The van der Waals surface area contributed by atoms with Crippen LogP contribution in [0.25, 0.3) is 0 Å². The van der Waals surface area contributed by atoms with Crippen molar-refractivity contribution in [3.05, 3.63) is 0 Å². The third kappa shape index (κ3) is 3.81. The number of aromatic amines is 1. The van der Waals surface area contributed by atoms with Crippen molar-refractivity contribution in [1.82, 2.24) is 15.2 Å². The van der Waals surface area contributed by atoms with Crippen LogP contribution in [0.3, 0.4) is 0 Å². The van der Waals surface area contributed by atoms with Crippen molar-refractivity contribution in [2.45, 2.75) is 6.92 Å². The fourth-order valence-corrected chi connectivity index (χ4v) is 0.767. The molecule has 0 spiro atoms. The second-order valence-electron chi connectivity index (χ2n) is 2.38. The van der Waals surface area contributed by atoms with Crippen LogP contribution in [0.2, 0.25) is 0 Å². The third-order valence-electron chi connectivity index (χ3n) is 1.28. The highest BCUT2D eigenvalue weighted by Crippen LogP contribution is 2.05. The largest absolute Gasteiger partial charge is 0.463 e. The maximum atomic E-state index is 11.0. The summed E-state index contributed by atoms with van der Waals surface area (Å²) in [6, 6.07) is 0.148. The molecule has 0 unspecified atom stereocenters. The first-order valence-corrected chi connectivity index (χ1v) is 4.36. The Morgan fingerprint density at radius 2 is 2.47 bits per heavy atom. The molecule has 0 aliphatic rings. The lowest BCUT2D eigenvalue weighted by Gasteiger charge is -2.01. The molecule has 84 valence electrons. The van der Waals surface area contributed by atoms with Gasteiger partial charge in [0.2, 0.25) is 5.95 Å². The SMILES string of the molecule is CCOc1n[nH]c(NC(=O)OCCO)n1. The average molecular weight is 216 g/mol. The molecule has 0 aliphatic carbocycles. The fraction of sp³-hybridized carbons (Fsp3) is 0.571. The van der Waals surface area contributed by atoms with Gasteiger partial charge in [0.15, 0.2) is 0 Å². The number of amides is 1. The summed E-state index contributed by atoms with van der Waals surface area (Å²) >= 11 is 0. The Labute approximate surface area is 85.6 Å². The zero-order valence-corrected chi connectivity index (χ0v) is 8.19. The Hall–Kier alpha value is -1.83. The van der Waals surface area contributed by atoms with Crippen molar-refractivity contribution in [3.8, 4) is 6.01 Å². The molecule has 0 aromatic carbocycles. The highest BCUT2D eigenvalue weighted by Gasteiger charge is 2.07. The first kappa shape index (κ1) is 11.2. The number of hydrogen-bond donors (Lipinski definition) is 3. The van der Waals surface area contributed by atoms with Crippen LogP contribution in [0.1, 0.15) is 6.92 Å². The van der Waals surface area contributed by atoms with E-state index >= 15 is 0 Å². The van der Waals surface area contributed by atoms with E-state index in [-0.39, 0.29) is 25.2 Å². The molecule has 0 fully saturated rings. The molecule has 15 heavy (non-hydrogen) atoms. The van der Waals surface area contributed by atoms with Crippen LogP contribution < -0.4 is 10.1 Å². The summed E-state index contributed by atoms with van der Waals surface area (Å²) in [5.74, 6) is 0.126. The summed E-state index contributed by atoms with van der Waals surface area (Å²) in [7, 11) is 0. The van der Waals surface area contributed by atoms with Crippen LogP contribution in [0.4, 0.5) is 10.7 Å². The summed E-state index contributed by atoms with van der Waals surface area (Å²) in [6.45, 7) is 1.93. The Morgan fingerprint density at radius 3 is 3.13 bits per heavy atom. The molecule has 0 saturated heterocycles. The Kier molecular flexibility index (Phi) is 4.35. The van der Waals surface area contributed by atoms with Gasteiger partial charge in [0.25, 0.3) is 0 Å². The van der Waals surface area contributed by atoms with Crippen molar-refractivity contribution in [1.29, 1.82) is 0 Å². The van der Waals surface area contributed by atoms with Crippen molar-refractivity contribution < 1.29 is 19.4 Å². The number of carbonyl (C=O) groups excluding carboxylic acids is 1. The first-order valence-electron chi connectivity index (χ1n) is 4.36. The molecule has 1 heterocycles. The maximum Gasteiger partial charge on any atom is 0.414 e. The minimum atomic E-state index is -0.719. The van der Waals surface area contributed by atoms with Gasteiger partial charge in [-0.1, -0.05) is 0 Å². The van der Waals surface area contributed by atoms with Crippen LogP contribution in [0.15, 0.2) is 0 Å². The van der Waals surface area contributed by atoms with Crippen LogP contribution in [0.5, 0.6) is 6.01 Å². The van der Waals surface area contributed by atoms with Crippen LogP contribution in [0, 0.1) is 0 Å². The number of ether oxygens (including phenoxy) is 2. The van der Waals surface area contributed by atoms with Crippen molar-refractivity contribution >= 4 is 12.0 Å². The molecular weight excluding hydrogens is 204 g/mol. The third-order valence-corrected chi connectivity index (χ3v) is 1.28. The zero-order valence-electron chi connectivity index (χ0n) is 8.19. The van der Waals surface area contributed by atoms with E-state index < -0.39 is 6.09 Å². The average Bonchev–Trinajstić information content (AvgIpc) is 2.63. The van der Waals surface area contributed by atoms with E-state index in [2.05, 4.69) is 25.2 Å². The lowest BCUT2D eigenvalue weighted by molar-refractivity contribution is 0.131. The van der Waals surface area contributed by atoms with Crippen LogP contribution >= 0.6 is 0 Å². The molecule has 0 aliphatic heterocycles. The minimum absolute atomic E-state index is 0.0711. The van der Waals surface area contributed by atoms with E-state index in [0.29, 0.717) is 6.61 Å². The summed E-state index contributed by atoms with van der Waals surface area (Å²) in [5, 5.41) is 16.8. The van der Waals surface area contributed by atoms with E-state index in [1.165, 1.54) is 0 Å². The molecule has 0 bridgehead atoms. The molecule has 1 aromatic rings. The summed E-state index contributed by atoms with van der Waals surface area (Å²) in [4.78, 5) is 14.8. The molecule has 8 nitrogen and oxygen atoms in total. The second-order valence-corrected chi connectivity index (χ2v) is 2.38. The number of carbonyl (C=O) groups is 1. The van der Waals surface area contributed by atoms with Gasteiger partial charge >= 0.3 is 12.1 Å². The number of rotatable bonds is 5.